The first kappa shape index (κ1) is 42.6. The Bertz CT molecular complexity index is 2230. The van der Waals surface area contributed by atoms with E-state index in [-0.39, 0.29) is 12.0 Å². The first-order valence-corrected chi connectivity index (χ1v) is 17.8. The average Bonchev–Trinajstić information content (AvgIpc) is 3.16. The van der Waals surface area contributed by atoms with Crippen LogP contribution in [0, 0.1) is 20.8 Å². The predicted octanol–water partition coefficient (Wildman–Crippen LogP) is 11.5. The van der Waals surface area contributed by atoms with Crippen molar-refractivity contribution in [1.29, 1.82) is 0 Å². The normalized spacial score (nSPS) is 10.7. The SMILES string of the molecule is Cc1c(Cl)cccc1Cc1ccccc1C(=O)O.Cc1cccc(Cc2ccccc2C(=O)O)c1C.O=C(O)c1ccccc1Cc1cccc(C(F)(F)F)c1. The fraction of sp³-hybridized carbons (Fsp3) is 0.152. The van der Waals surface area contributed by atoms with Gasteiger partial charge in [-0.1, -0.05) is 115 Å². The largest absolute Gasteiger partial charge is 0.478 e. The summed E-state index contributed by atoms with van der Waals surface area (Å²) in [6, 6.07) is 37.2. The minimum Gasteiger partial charge on any atom is -0.478 e. The molecule has 0 aromatic heterocycles. The van der Waals surface area contributed by atoms with Crippen molar-refractivity contribution in [1.82, 2.24) is 0 Å². The number of hydrogen-bond acceptors (Lipinski definition) is 3. The number of benzene rings is 6. The van der Waals surface area contributed by atoms with Crippen molar-refractivity contribution in [2.75, 3.05) is 0 Å². The third-order valence-electron chi connectivity index (χ3n) is 9.25. The Kier molecular flexibility index (Phi) is 14.8. The number of aryl methyl sites for hydroxylation is 1. The van der Waals surface area contributed by atoms with Crippen molar-refractivity contribution in [2.24, 2.45) is 0 Å². The van der Waals surface area contributed by atoms with E-state index in [1.807, 2.05) is 55.5 Å². The second-order valence-electron chi connectivity index (χ2n) is 13.0. The Morgan fingerprint density at radius 2 is 0.893 bits per heavy atom. The van der Waals surface area contributed by atoms with E-state index in [2.05, 4.69) is 26.0 Å². The Morgan fingerprint density at radius 3 is 1.36 bits per heavy atom. The van der Waals surface area contributed by atoms with Gasteiger partial charge in [0.1, 0.15) is 0 Å². The molecule has 3 N–H and O–H groups in total. The van der Waals surface area contributed by atoms with Gasteiger partial charge < -0.3 is 15.3 Å². The number of aromatic carboxylic acids is 3. The summed E-state index contributed by atoms with van der Waals surface area (Å²) in [4.78, 5) is 33.4. The number of alkyl halides is 3. The van der Waals surface area contributed by atoms with Gasteiger partial charge in [0.2, 0.25) is 0 Å². The summed E-state index contributed by atoms with van der Waals surface area (Å²) >= 11 is 6.07. The van der Waals surface area contributed by atoms with Crippen LogP contribution < -0.4 is 0 Å². The van der Waals surface area contributed by atoms with E-state index in [9.17, 15) is 27.6 Å². The predicted molar refractivity (Wildman–Crippen MR) is 212 cm³/mol. The zero-order valence-electron chi connectivity index (χ0n) is 30.9. The number of carboxylic acids is 3. The van der Waals surface area contributed by atoms with Crippen LogP contribution in [0.4, 0.5) is 13.2 Å². The Labute approximate surface area is 328 Å². The van der Waals surface area contributed by atoms with Crippen LogP contribution in [0.5, 0.6) is 0 Å². The van der Waals surface area contributed by atoms with Crippen LogP contribution in [0.15, 0.2) is 133 Å². The van der Waals surface area contributed by atoms with E-state index in [1.54, 1.807) is 48.5 Å². The molecule has 0 bridgehead atoms. The van der Waals surface area contributed by atoms with Crippen LogP contribution in [-0.2, 0) is 25.4 Å². The number of carbonyl (C=O) groups is 3. The summed E-state index contributed by atoms with van der Waals surface area (Å²) in [6.07, 6.45) is -3.01. The lowest BCUT2D eigenvalue weighted by atomic mass is 9.95. The molecule has 6 aromatic rings. The molecule has 0 amide bonds. The topological polar surface area (TPSA) is 112 Å². The zero-order valence-corrected chi connectivity index (χ0v) is 31.7. The van der Waals surface area contributed by atoms with Crippen LogP contribution in [0.25, 0.3) is 0 Å². The van der Waals surface area contributed by atoms with Gasteiger partial charge in [0.25, 0.3) is 0 Å². The molecule has 0 aliphatic carbocycles. The molecule has 0 saturated carbocycles. The highest BCUT2D eigenvalue weighted by Crippen LogP contribution is 2.30. The Morgan fingerprint density at radius 1 is 0.500 bits per heavy atom. The van der Waals surface area contributed by atoms with Gasteiger partial charge in [-0.05, 0) is 120 Å². The van der Waals surface area contributed by atoms with Gasteiger partial charge >= 0.3 is 24.1 Å². The maximum Gasteiger partial charge on any atom is 0.416 e. The van der Waals surface area contributed by atoms with Crippen molar-refractivity contribution in [3.8, 4) is 0 Å². The fourth-order valence-electron chi connectivity index (χ4n) is 5.98. The molecular weight excluding hydrogens is 741 g/mol. The summed E-state index contributed by atoms with van der Waals surface area (Å²) in [7, 11) is 0. The first-order chi connectivity index (χ1) is 26.6. The second-order valence-corrected chi connectivity index (χ2v) is 13.4. The van der Waals surface area contributed by atoms with E-state index in [1.165, 1.54) is 28.8 Å². The molecule has 0 fully saturated rings. The molecule has 56 heavy (non-hydrogen) atoms. The van der Waals surface area contributed by atoms with Gasteiger partial charge in [-0.3, -0.25) is 0 Å². The molecule has 0 radical (unpaired) electrons. The van der Waals surface area contributed by atoms with E-state index in [0.29, 0.717) is 40.1 Å². The summed E-state index contributed by atoms with van der Waals surface area (Å²) in [5, 5.41) is 28.1. The van der Waals surface area contributed by atoms with Crippen molar-refractivity contribution < 1.29 is 42.9 Å². The molecule has 0 spiro atoms. The van der Waals surface area contributed by atoms with Crippen molar-refractivity contribution in [3.05, 3.63) is 211 Å². The molecule has 0 aliphatic rings. The minimum atomic E-state index is -4.40. The lowest BCUT2D eigenvalue weighted by Gasteiger charge is -2.10. The molecule has 0 heterocycles. The quantitative estimate of drug-likeness (QED) is 0.135. The monoisotopic (exact) mass is 780 g/mol. The molecule has 288 valence electrons. The summed E-state index contributed by atoms with van der Waals surface area (Å²) in [6.45, 7) is 6.09. The lowest BCUT2D eigenvalue weighted by Crippen LogP contribution is -2.06. The lowest BCUT2D eigenvalue weighted by molar-refractivity contribution is -0.137. The van der Waals surface area contributed by atoms with E-state index in [4.69, 9.17) is 26.9 Å². The van der Waals surface area contributed by atoms with E-state index < -0.39 is 29.6 Å². The molecule has 0 atom stereocenters. The van der Waals surface area contributed by atoms with Crippen molar-refractivity contribution >= 4 is 29.5 Å². The van der Waals surface area contributed by atoms with E-state index in [0.717, 1.165) is 34.4 Å². The first-order valence-electron chi connectivity index (χ1n) is 17.5. The minimum absolute atomic E-state index is 0.102. The molecule has 0 unspecified atom stereocenters. The summed E-state index contributed by atoms with van der Waals surface area (Å²) < 4.78 is 37.9. The molecule has 0 saturated heterocycles. The van der Waals surface area contributed by atoms with Crippen molar-refractivity contribution in [3.63, 3.8) is 0 Å². The average molecular weight is 781 g/mol. The van der Waals surface area contributed by atoms with Crippen LogP contribution >= 0.6 is 11.6 Å². The molecule has 0 aliphatic heterocycles. The third-order valence-corrected chi connectivity index (χ3v) is 9.66. The fourth-order valence-corrected chi connectivity index (χ4v) is 6.18. The molecule has 6 aromatic carbocycles. The van der Waals surface area contributed by atoms with Gasteiger partial charge in [0.05, 0.1) is 22.3 Å². The number of halogens is 4. The van der Waals surface area contributed by atoms with E-state index >= 15 is 0 Å². The van der Waals surface area contributed by atoms with Gasteiger partial charge in [-0.2, -0.15) is 13.2 Å². The standard InChI is InChI=1S/C16H16O2.C15H13ClO2.C15H11F3O2/c1-11-6-5-8-13(12(11)2)10-14-7-3-4-9-15(14)16(17)18;1-10-11(6-4-8-14(10)16)9-12-5-2-3-7-13(12)15(17)18;16-15(17,18)12-6-3-4-10(9-12)8-11-5-1-2-7-13(11)14(19)20/h3-9H,10H2,1-2H3,(H,17,18);2-8H,9H2,1H3,(H,17,18);1-7,9H,8H2,(H,19,20). The molecule has 10 heteroatoms. The Balaban J connectivity index is 0.000000187. The van der Waals surface area contributed by atoms with Gasteiger partial charge in [0.15, 0.2) is 0 Å². The van der Waals surface area contributed by atoms with Gasteiger partial charge in [-0.15, -0.1) is 0 Å². The number of hydrogen-bond donors (Lipinski definition) is 3. The number of rotatable bonds is 9. The smallest absolute Gasteiger partial charge is 0.416 e. The highest BCUT2D eigenvalue weighted by Gasteiger charge is 2.30. The van der Waals surface area contributed by atoms with Crippen LogP contribution in [0.3, 0.4) is 0 Å². The highest BCUT2D eigenvalue weighted by molar-refractivity contribution is 6.31. The Hall–Kier alpha value is -6.19. The molecular formula is C46H40ClF3O6. The van der Waals surface area contributed by atoms with Crippen LogP contribution in [-0.4, -0.2) is 33.2 Å². The van der Waals surface area contributed by atoms with Crippen LogP contribution in [0.2, 0.25) is 5.02 Å². The maximum atomic E-state index is 12.6. The number of carboxylic acid groups (broad SMARTS) is 3. The van der Waals surface area contributed by atoms with Gasteiger partial charge in [-0.25, -0.2) is 14.4 Å². The second kappa shape index (κ2) is 19.4. The molecule has 6 rings (SSSR count). The summed E-state index contributed by atoms with van der Waals surface area (Å²) in [5.41, 5.74) is 8.38. The maximum absolute atomic E-state index is 12.6. The zero-order chi connectivity index (χ0) is 41.0. The molecule has 6 nitrogen and oxygen atoms in total. The van der Waals surface area contributed by atoms with Crippen LogP contribution in [0.1, 0.15) is 86.7 Å². The third kappa shape index (κ3) is 11.7. The van der Waals surface area contributed by atoms with Gasteiger partial charge in [0, 0.05) is 5.02 Å². The highest BCUT2D eigenvalue weighted by atomic mass is 35.5. The van der Waals surface area contributed by atoms with Crippen molar-refractivity contribution in [2.45, 2.75) is 46.2 Å². The summed E-state index contributed by atoms with van der Waals surface area (Å²) in [5.74, 6) is -2.85.